The predicted molar refractivity (Wildman–Crippen MR) is 94.1 cm³/mol. The number of halogens is 1. The zero-order valence-electron chi connectivity index (χ0n) is 13.3. The molecular weight excluding hydrogens is 392 g/mol. The fraction of sp³-hybridized carbons (Fsp3) is 0.267. The number of carbonyl (C=O) groups excluding carboxylic acids is 1. The van der Waals surface area contributed by atoms with Crippen LogP contribution in [0, 0.1) is 17.0 Å². The highest BCUT2D eigenvalue weighted by molar-refractivity contribution is 9.10. The van der Waals surface area contributed by atoms with E-state index in [1.807, 2.05) is 24.3 Å². The molecule has 0 saturated heterocycles. The van der Waals surface area contributed by atoms with Crippen molar-refractivity contribution in [3.8, 4) is 0 Å². The molecule has 3 rings (SSSR count). The van der Waals surface area contributed by atoms with Crippen LogP contribution in [0.2, 0.25) is 0 Å². The molecule has 2 heterocycles. The summed E-state index contributed by atoms with van der Waals surface area (Å²) in [5.74, 6) is 0.215. The van der Waals surface area contributed by atoms with Crippen LogP contribution in [0.25, 0.3) is 11.0 Å². The summed E-state index contributed by atoms with van der Waals surface area (Å²) in [7, 11) is 0. The van der Waals surface area contributed by atoms with E-state index in [4.69, 9.17) is 0 Å². The van der Waals surface area contributed by atoms with Crippen LogP contribution in [0.4, 0.5) is 5.82 Å². The summed E-state index contributed by atoms with van der Waals surface area (Å²) >= 11 is 3.12. The summed E-state index contributed by atoms with van der Waals surface area (Å²) in [5, 5.41) is 17.5. The molecule has 0 fully saturated rings. The number of benzene rings is 1. The predicted octanol–water partition coefficient (Wildman–Crippen LogP) is 2.10. The lowest BCUT2D eigenvalue weighted by Crippen LogP contribution is -2.30. The summed E-state index contributed by atoms with van der Waals surface area (Å²) in [4.78, 5) is 29.9. The van der Waals surface area contributed by atoms with Crippen molar-refractivity contribution < 1.29 is 9.72 Å². The van der Waals surface area contributed by atoms with Crippen molar-refractivity contribution in [2.24, 2.45) is 0 Å². The van der Waals surface area contributed by atoms with E-state index in [9.17, 15) is 14.9 Å². The first-order valence-electron chi connectivity index (χ1n) is 7.53. The van der Waals surface area contributed by atoms with Gasteiger partial charge in [-0.1, -0.05) is 12.1 Å². The van der Waals surface area contributed by atoms with Crippen molar-refractivity contribution in [2.45, 2.75) is 19.9 Å². The van der Waals surface area contributed by atoms with Gasteiger partial charge in [0.15, 0.2) is 0 Å². The van der Waals surface area contributed by atoms with E-state index >= 15 is 0 Å². The summed E-state index contributed by atoms with van der Waals surface area (Å²) in [6, 6.07) is 7.70. The molecular formula is C15H15BrN6O3. The molecule has 2 aromatic heterocycles. The number of H-pyrrole nitrogens is 1. The summed E-state index contributed by atoms with van der Waals surface area (Å²) in [6.45, 7) is 1.98. The number of amides is 1. The Labute approximate surface area is 150 Å². The third-order valence-corrected chi connectivity index (χ3v) is 4.63. The topological polar surface area (TPSA) is 119 Å². The second kappa shape index (κ2) is 7.01. The molecule has 0 unspecified atom stereocenters. The molecule has 10 heteroatoms. The van der Waals surface area contributed by atoms with Crippen LogP contribution in [0.1, 0.15) is 11.5 Å². The van der Waals surface area contributed by atoms with Crippen LogP contribution in [0.3, 0.4) is 0 Å². The Morgan fingerprint density at radius 3 is 2.88 bits per heavy atom. The Kier molecular flexibility index (Phi) is 4.79. The largest absolute Gasteiger partial charge is 0.404 e. The van der Waals surface area contributed by atoms with Crippen LogP contribution in [0.15, 0.2) is 28.7 Å². The number of hydrogen-bond acceptors (Lipinski definition) is 5. The van der Waals surface area contributed by atoms with E-state index in [0.29, 0.717) is 18.7 Å². The minimum Gasteiger partial charge on any atom is -0.358 e. The number of rotatable bonds is 6. The zero-order valence-corrected chi connectivity index (χ0v) is 14.9. The van der Waals surface area contributed by atoms with Gasteiger partial charge in [-0.15, -0.1) is 0 Å². The second-order valence-corrected chi connectivity index (χ2v) is 6.23. The minimum absolute atomic E-state index is 0.0849. The van der Waals surface area contributed by atoms with E-state index < -0.39 is 4.92 Å². The quantitative estimate of drug-likeness (QED) is 0.479. The normalized spacial score (nSPS) is 11.0. The number of aromatic nitrogens is 4. The number of para-hydroxylation sites is 2. The SMILES string of the molecule is Cc1c(Br)c([N+](=O)[O-])nn1CC(=O)NCCc1nc2ccccc2[nH]1. The monoisotopic (exact) mass is 406 g/mol. The number of nitro groups is 1. The smallest absolute Gasteiger partial charge is 0.358 e. The summed E-state index contributed by atoms with van der Waals surface area (Å²) in [6.07, 6.45) is 0.558. The van der Waals surface area contributed by atoms with Gasteiger partial charge in [-0.2, -0.15) is 4.68 Å². The van der Waals surface area contributed by atoms with Crippen molar-refractivity contribution >= 4 is 38.7 Å². The van der Waals surface area contributed by atoms with E-state index in [2.05, 4.69) is 36.3 Å². The Hall–Kier alpha value is -2.75. The van der Waals surface area contributed by atoms with Gasteiger partial charge in [-0.05, 0) is 39.9 Å². The van der Waals surface area contributed by atoms with Crippen LogP contribution in [-0.2, 0) is 17.8 Å². The van der Waals surface area contributed by atoms with Crippen LogP contribution >= 0.6 is 15.9 Å². The molecule has 1 aromatic carbocycles. The molecule has 3 aromatic rings. The Morgan fingerprint density at radius 1 is 1.44 bits per heavy atom. The molecule has 0 atom stereocenters. The number of imidazole rings is 1. The van der Waals surface area contributed by atoms with Gasteiger partial charge in [0.1, 0.15) is 16.8 Å². The van der Waals surface area contributed by atoms with Crippen LogP contribution < -0.4 is 5.32 Å². The van der Waals surface area contributed by atoms with Crippen LogP contribution in [-0.4, -0.2) is 37.1 Å². The molecule has 0 spiro atoms. The average molecular weight is 407 g/mol. The molecule has 0 bridgehead atoms. The number of nitrogens with zero attached hydrogens (tertiary/aromatic N) is 4. The van der Waals surface area contributed by atoms with Crippen molar-refractivity contribution in [1.82, 2.24) is 25.1 Å². The first kappa shape index (κ1) is 17.1. The number of hydrogen-bond donors (Lipinski definition) is 2. The van der Waals surface area contributed by atoms with E-state index in [-0.39, 0.29) is 22.7 Å². The highest BCUT2D eigenvalue weighted by atomic mass is 79.9. The lowest BCUT2D eigenvalue weighted by molar-refractivity contribution is -0.390. The van der Waals surface area contributed by atoms with Gasteiger partial charge in [-0.25, -0.2) is 4.98 Å². The molecule has 0 aliphatic heterocycles. The number of aromatic amines is 1. The van der Waals surface area contributed by atoms with Crippen LogP contribution in [0.5, 0.6) is 0 Å². The first-order valence-corrected chi connectivity index (χ1v) is 8.32. The molecule has 9 nitrogen and oxygen atoms in total. The molecule has 0 saturated carbocycles. The fourth-order valence-corrected chi connectivity index (χ4v) is 2.84. The Balaban J connectivity index is 1.56. The molecule has 25 heavy (non-hydrogen) atoms. The lowest BCUT2D eigenvalue weighted by Gasteiger charge is -2.03. The lowest BCUT2D eigenvalue weighted by atomic mass is 10.3. The first-order chi connectivity index (χ1) is 12.0. The van der Waals surface area contributed by atoms with Crippen molar-refractivity contribution in [3.05, 3.63) is 50.4 Å². The maximum Gasteiger partial charge on any atom is 0.404 e. The maximum atomic E-state index is 12.0. The van der Waals surface area contributed by atoms with Crippen molar-refractivity contribution in [1.29, 1.82) is 0 Å². The second-order valence-electron chi connectivity index (χ2n) is 5.44. The third-order valence-electron chi connectivity index (χ3n) is 3.71. The minimum atomic E-state index is -0.590. The van der Waals surface area contributed by atoms with E-state index in [0.717, 1.165) is 16.9 Å². The Bertz CT molecular complexity index is 915. The summed E-state index contributed by atoms with van der Waals surface area (Å²) < 4.78 is 1.59. The molecule has 0 aliphatic carbocycles. The van der Waals surface area contributed by atoms with Gasteiger partial charge in [0.2, 0.25) is 5.91 Å². The van der Waals surface area contributed by atoms with Gasteiger partial charge < -0.3 is 20.4 Å². The van der Waals surface area contributed by atoms with Gasteiger partial charge in [0, 0.05) is 13.0 Å². The third kappa shape index (κ3) is 3.68. The van der Waals surface area contributed by atoms with Crippen molar-refractivity contribution in [3.63, 3.8) is 0 Å². The van der Waals surface area contributed by atoms with Gasteiger partial charge >= 0.3 is 5.82 Å². The molecule has 2 N–H and O–H groups in total. The maximum absolute atomic E-state index is 12.0. The Morgan fingerprint density at radius 2 is 2.20 bits per heavy atom. The fourth-order valence-electron chi connectivity index (χ4n) is 2.42. The van der Waals surface area contributed by atoms with Gasteiger partial charge in [-0.3, -0.25) is 4.79 Å². The highest BCUT2D eigenvalue weighted by Crippen LogP contribution is 2.26. The number of carbonyl (C=O) groups is 1. The molecule has 1 amide bonds. The number of nitrogens with one attached hydrogen (secondary N) is 2. The van der Waals surface area contributed by atoms with Crippen molar-refractivity contribution in [2.75, 3.05) is 6.54 Å². The van der Waals surface area contributed by atoms with Gasteiger partial charge in [0.25, 0.3) is 0 Å². The van der Waals surface area contributed by atoms with Gasteiger partial charge in [0.05, 0.1) is 21.8 Å². The standard InChI is InChI=1S/C15H15BrN6O3/c1-9-14(16)15(22(24)25)20-21(9)8-13(23)17-7-6-12-18-10-4-2-3-5-11(10)19-12/h2-5H,6-8H2,1H3,(H,17,23)(H,18,19). The molecule has 0 radical (unpaired) electrons. The molecule has 0 aliphatic rings. The zero-order chi connectivity index (χ0) is 18.0. The van der Waals surface area contributed by atoms with E-state index in [1.165, 1.54) is 4.68 Å². The number of fused-ring (bicyclic) bond motifs is 1. The highest BCUT2D eigenvalue weighted by Gasteiger charge is 2.24. The molecule has 130 valence electrons. The average Bonchev–Trinajstić information content (AvgIpc) is 3.10. The van der Waals surface area contributed by atoms with E-state index in [1.54, 1.807) is 6.92 Å². The summed E-state index contributed by atoms with van der Waals surface area (Å²) in [5.41, 5.74) is 2.36.